The first kappa shape index (κ1) is 22.4. The molecule has 0 saturated carbocycles. The van der Waals surface area contributed by atoms with E-state index in [1.54, 1.807) is 30.3 Å². The molecule has 7 heteroatoms. The fraction of sp³-hybridized carbons (Fsp3) is 0.364. The van der Waals surface area contributed by atoms with Gasteiger partial charge in [0.05, 0.1) is 11.8 Å². The van der Waals surface area contributed by atoms with Crippen LogP contribution in [0.3, 0.4) is 0 Å². The molecule has 156 valence electrons. The number of rotatable bonds is 11. The lowest BCUT2D eigenvalue weighted by atomic mass is 10.0. The van der Waals surface area contributed by atoms with Crippen LogP contribution in [0, 0.1) is 0 Å². The van der Waals surface area contributed by atoms with E-state index in [1.807, 2.05) is 18.2 Å². The van der Waals surface area contributed by atoms with Crippen LogP contribution in [0.4, 0.5) is 5.69 Å². The second kappa shape index (κ2) is 11.2. The number of hydrogen-bond acceptors (Lipinski definition) is 5. The van der Waals surface area contributed by atoms with Crippen molar-refractivity contribution < 1.29 is 24.5 Å². The number of carboxylic acids is 1. The molecule has 1 amide bonds. The van der Waals surface area contributed by atoms with E-state index in [9.17, 15) is 14.7 Å². The molecule has 7 nitrogen and oxygen atoms in total. The van der Waals surface area contributed by atoms with Gasteiger partial charge in [-0.25, -0.2) is 15.2 Å². The summed E-state index contributed by atoms with van der Waals surface area (Å²) in [7, 11) is 0. The summed E-state index contributed by atoms with van der Waals surface area (Å²) in [5, 5.41) is 20.3. The predicted molar refractivity (Wildman–Crippen MR) is 110 cm³/mol. The van der Waals surface area contributed by atoms with Crippen molar-refractivity contribution in [2.75, 3.05) is 11.6 Å². The molecule has 0 aliphatic heterocycles. The zero-order valence-corrected chi connectivity index (χ0v) is 16.8. The maximum Gasteiger partial charge on any atom is 0.341 e. The second-order valence-corrected chi connectivity index (χ2v) is 6.77. The molecule has 2 aromatic rings. The summed E-state index contributed by atoms with van der Waals surface area (Å²) < 4.78 is 5.18. The fourth-order valence-electron chi connectivity index (χ4n) is 2.85. The summed E-state index contributed by atoms with van der Waals surface area (Å²) >= 11 is 0. The minimum Gasteiger partial charge on any atom is -0.482 e. The third kappa shape index (κ3) is 7.21. The normalized spacial score (nSPS) is 11.7. The second-order valence-electron chi connectivity index (χ2n) is 6.77. The van der Waals surface area contributed by atoms with Crippen LogP contribution in [0.15, 0.2) is 48.5 Å². The van der Waals surface area contributed by atoms with E-state index in [-0.39, 0.29) is 5.91 Å². The molecular formula is C22H28N2O5. The lowest BCUT2D eigenvalue weighted by molar-refractivity contribution is -0.139. The number of amides is 1. The third-order valence-corrected chi connectivity index (χ3v) is 4.38. The lowest BCUT2D eigenvalue weighted by Gasteiger charge is -2.23. The summed E-state index contributed by atoms with van der Waals surface area (Å²) in [6, 6.07) is 14.3. The van der Waals surface area contributed by atoms with Gasteiger partial charge >= 0.3 is 5.97 Å². The van der Waals surface area contributed by atoms with Crippen LogP contribution >= 0.6 is 0 Å². The zero-order chi connectivity index (χ0) is 21.2. The molecule has 0 aromatic heterocycles. The van der Waals surface area contributed by atoms with Gasteiger partial charge in [-0.05, 0) is 41.8 Å². The van der Waals surface area contributed by atoms with Crippen LogP contribution < -0.4 is 15.2 Å². The van der Waals surface area contributed by atoms with Crippen molar-refractivity contribution in [1.29, 1.82) is 0 Å². The van der Waals surface area contributed by atoms with Gasteiger partial charge in [0.25, 0.3) is 0 Å². The molecule has 0 aliphatic rings. The third-order valence-electron chi connectivity index (χ3n) is 4.38. The Kier molecular flexibility index (Phi) is 8.64. The number of aliphatic carboxylic acids is 1. The molecule has 0 radical (unpaired) electrons. The highest BCUT2D eigenvalue weighted by atomic mass is 16.5. The largest absolute Gasteiger partial charge is 0.482 e. The van der Waals surface area contributed by atoms with E-state index in [1.165, 1.54) is 11.9 Å². The van der Waals surface area contributed by atoms with Crippen molar-refractivity contribution in [1.82, 2.24) is 5.43 Å². The zero-order valence-electron chi connectivity index (χ0n) is 16.8. The molecule has 29 heavy (non-hydrogen) atoms. The van der Waals surface area contributed by atoms with Crippen LogP contribution in [-0.2, 0) is 16.1 Å². The van der Waals surface area contributed by atoms with Gasteiger partial charge in [0.15, 0.2) is 6.61 Å². The van der Waals surface area contributed by atoms with Crippen LogP contribution in [0.1, 0.15) is 50.3 Å². The number of ether oxygens (including phenoxy) is 1. The number of carbonyl (C=O) groups is 2. The minimum absolute atomic E-state index is 0.178. The van der Waals surface area contributed by atoms with E-state index in [0.29, 0.717) is 24.4 Å². The van der Waals surface area contributed by atoms with Crippen molar-refractivity contribution >= 4 is 17.6 Å². The maximum atomic E-state index is 12.1. The van der Waals surface area contributed by atoms with Crippen LogP contribution in [0.5, 0.6) is 5.75 Å². The highest BCUT2D eigenvalue weighted by Gasteiger charge is 2.13. The highest BCUT2D eigenvalue weighted by molar-refractivity contribution is 5.90. The molecule has 0 spiro atoms. The lowest BCUT2D eigenvalue weighted by Crippen LogP contribution is -2.41. The van der Waals surface area contributed by atoms with Gasteiger partial charge in [-0.3, -0.25) is 4.79 Å². The number of hydrogen-bond donors (Lipinski definition) is 3. The monoisotopic (exact) mass is 400 g/mol. The molecular weight excluding hydrogens is 372 g/mol. The van der Waals surface area contributed by atoms with Gasteiger partial charge in [-0.1, -0.05) is 44.0 Å². The Morgan fingerprint density at radius 1 is 1.17 bits per heavy atom. The highest BCUT2D eigenvalue weighted by Crippen LogP contribution is 2.22. The van der Waals surface area contributed by atoms with Crippen molar-refractivity contribution in [3.05, 3.63) is 59.7 Å². The molecule has 0 bridgehead atoms. The average molecular weight is 400 g/mol. The molecule has 1 unspecified atom stereocenters. The first-order valence-electron chi connectivity index (χ1n) is 9.66. The number of aliphatic hydroxyl groups excluding tert-OH is 1. The Hall–Kier alpha value is -2.90. The summed E-state index contributed by atoms with van der Waals surface area (Å²) in [6.45, 7) is 3.49. The van der Waals surface area contributed by atoms with Crippen LogP contribution in [-0.4, -0.2) is 28.7 Å². The standard InChI is InChI=1S/C22H28N2O5/c1-3-4-8-21(26)18-9-11-19(12-10-18)24(16(2)25)23-14-17-6-5-7-20(13-17)29-15-22(27)28/h5-7,9-13,21,23,26H,3-4,8,14-15H2,1-2H3,(H,27,28). The molecule has 0 heterocycles. The van der Waals surface area contributed by atoms with Crippen molar-refractivity contribution in [3.63, 3.8) is 0 Å². The average Bonchev–Trinajstić information content (AvgIpc) is 2.71. The summed E-state index contributed by atoms with van der Waals surface area (Å²) in [6.07, 6.45) is 2.19. The number of carbonyl (C=O) groups excluding carboxylic acids is 1. The molecule has 2 aromatic carbocycles. The smallest absolute Gasteiger partial charge is 0.341 e. The van der Waals surface area contributed by atoms with Gasteiger partial charge in [0, 0.05) is 13.5 Å². The number of hydrazine groups is 1. The molecule has 2 rings (SSSR count). The van der Waals surface area contributed by atoms with Crippen LogP contribution in [0.2, 0.25) is 0 Å². The Morgan fingerprint density at radius 2 is 1.90 bits per heavy atom. The minimum atomic E-state index is -1.04. The molecule has 0 fully saturated rings. The summed E-state index contributed by atoms with van der Waals surface area (Å²) in [5.41, 5.74) is 5.41. The number of aliphatic hydroxyl groups is 1. The Balaban J connectivity index is 2.02. The van der Waals surface area contributed by atoms with E-state index >= 15 is 0 Å². The molecule has 1 atom stereocenters. The van der Waals surface area contributed by atoms with Gasteiger partial charge in [-0.15, -0.1) is 0 Å². The van der Waals surface area contributed by atoms with Gasteiger partial charge in [0.2, 0.25) is 5.91 Å². The van der Waals surface area contributed by atoms with Crippen molar-refractivity contribution in [3.8, 4) is 5.75 Å². The molecule has 0 aliphatic carbocycles. The Labute approximate surface area is 170 Å². The van der Waals surface area contributed by atoms with Gasteiger partial charge in [-0.2, -0.15) is 0 Å². The number of benzene rings is 2. The predicted octanol–water partition coefficient (Wildman–Crippen LogP) is 3.43. The maximum absolute atomic E-state index is 12.1. The summed E-state index contributed by atoms with van der Waals surface area (Å²) in [4.78, 5) is 22.7. The van der Waals surface area contributed by atoms with Crippen molar-refractivity contribution in [2.24, 2.45) is 0 Å². The van der Waals surface area contributed by atoms with E-state index in [2.05, 4.69) is 12.3 Å². The quantitative estimate of drug-likeness (QED) is 0.500. The molecule has 3 N–H and O–H groups in total. The van der Waals surface area contributed by atoms with E-state index in [4.69, 9.17) is 9.84 Å². The summed E-state index contributed by atoms with van der Waals surface area (Å²) in [5.74, 6) is -0.770. The van der Waals surface area contributed by atoms with E-state index in [0.717, 1.165) is 24.0 Å². The molecule has 0 saturated heterocycles. The van der Waals surface area contributed by atoms with Crippen molar-refractivity contribution in [2.45, 2.75) is 45.8 Å². The van der Waals surface area contributed by atoms with Gasteiger partial charge in [0.1, 0.15) is 5.75 Å². The van der Waals surface area contributed by atoms with Crippen LogP contribution in [0.25, 0.3) is 0 Å². The topological polar surface area (TPSA) is 99.1 Å². The number of carboxylic acid groups (broad SMARTS) is 1. The SMILES string of the molecule is CCCCC(O)c1ccc(N(NCc2cccc(OCC(=O)O)c2)C(C)=O)cc1. The Bertz CT molecular complexity index is 807. The number of unbranched alkanes of at least 4 members (excludes halogenated alkanes) is 1. The van der Waals surface area contributed by atoms with Gasteiger partial charge < -0.3 is 14.9 Å². The first-order chi connectivity index (χ1) is 13.9. The number of anilines is 1. The first-order valence-corrected chi connectivity index (χ1v) is 9.66. The fourth-order valence-corrected chi connectivity index (χ4v) is 2.85. The Morgan fingerprint density at radius 3 is 2.52 bits per heavy atom. The number of nitrogens with one attached hydrogen (secondary N) is 1. The number of nitrogens with zero attached hydrogens (tertiary/aromatic N) is 1. The van der Waals surface area contributed by atoms with E-state index < -0.39 is 18.7 Å².